The molecule has 1 N–H and O–H groups in total. The van der Waals surface area contributed by atoms with Crippen molar-refractivity contribution in [1.29, 1.82) is 0 Å². The molecule has 1 fully saturated rings. The van der Waals surface area contributed by atoms with E-state index in [-0.39, 0.29) is 0 Å². The maximum atomic E-state index is 4.13. The average molecular weight is 205 g/mol. The predicted molar refractivity (Wildman–Crippen MR) is 63.2 cm³/mol. The fourth-order valence-corrected chi connectivity index (χ4v) is 2.33. The molecule has 1 aromatic rings. The molecular weight excluding hydrogens is 186 g/mol. The summed E-state index contributed by atoms with van der Waals surface area (Å²) in [5.74, 6) is 0.794. The Bertz CT molecular complexity index is 324. The van der Waals surface area contributed by atoms with Gasteiger partial charge in [-0.05, 0) is 44.5 Å². The van der Waals surface area contributed by atoms with Gasteiger partial charge in [0.25, 0.3) is 0 Å². The quantitative estimate of drug-likeness (QED) is 0.809. The van der Waals surface area contributed by atoms with Gasteiger partial charge in [0.15, 0.2) is 0 Å². The topological polar surface area (TPSA) is 28.2 Å². The van der Waals surface area contributed by atoms with Crippen molar-refractivity contribution in [3.05, 3.63) is 24.0 Å². The van der Waals surface area contributed by atoms with Gasteiger partial charge in [-0.2, -0.15) is 0 Å². The number of nitrogens with zero attached hydrogens (tertiary/aromatic N) is 2. The first-order valence-electron chi connectivity index (χ1n) is 5.61. The Hall–Kier alpha value is -1.09. The summed E-state index contributed by atoms with van der Waals surface area (Å²) in [7, 11) is 2.03. The summed E-state index contributed by atoms with van der Waals surface area (Å²) in [6.07, 6.45) is 5.12. The molecule has 0 amide bonds. The van der Waals surface area contributed by atoms with E-state index >= 15 is 0 Å². The summed E-state index contributed by atoms with van der Waals surface area (Å²) in [6.45, 7) is 5.61. The Morgan fingerprint density at radius 2 is 2.47 bits per heavy atom. The minimum Gasteiger partial charge on any atom is -0.371 e. The molecule has 1 aliphatic heterocycles. The lowest BCUT2D eigenvalue weighted by Gasteiger charge is -2.20. The van der Waals surface area contributed by atoms with E-state index in [1.807, 2.05) is 19.4 Å². The van der Waals surface area contributed by atoms with Gasteiger partial charge in [-0.3, -0.25) is 4.98 Å². The number of pyridine rings is 1. The standard InChI is InChI=1S/C12H19N3/c1-10-7-14-5-3-12(10)15-6-4-11(9-15)8-13-2/h3,5,7,11,13H,4,6,8-9H2,1-2H3. The third-order valence-electron chi connectivity index (χ3n) is 3.11. The zero-order valence-corrected chi connectivity index (χ0v) is 9.53. The Kier molecular flexibility index (Phi) is 3.21. The summed E-state index contributed by atoms with van der Waals surface area (Å²) in [6, 6.07) is 2.12. The molecule has 0 radical (unpaired) electrons. The Morgan fingerprint density at radius 1 is 1.60 bits per heavy atom. The van der Waals surface area contributed by atoms with Crippen LogP contribution in [-0.4, -0.2) is 31.7 Å². The van der Waals surface area contributed by atoms with E-state index < -0.39 is 0 Å². The molecule has 3 heteroatoms. The third-order valence-corrected chi connectivity index (χ3v) is 3.11. The number of nitrogens with one attached hydrogen (secondary N) is 1. The summed E-state index contributed by atoms with van der Waals surface area (Å²) >= 11 is 0. The van der Waals surface area contributed by atoms with Crippen LogP contribution in [0.15, 0.2) is 18.5 Å². The minimum atomic E-state index is 0.794. The number of anilines is 1. The minimum absolute atomic E-state index is 0.794. The lowest BCUT2D eigenvalue weighted by molar-refractivity contribution is 0.549. The van der Waals surface area contributed by atoms with Crippen molar-refractivity contribution in [3.63, 3.8) is 0 Å². The molecule has 0 saturated carbocycles. The van der Waals surface area contributed by atoms with Crippen molar-refractivity contribution < 1.29 is 0 Å². The molecule has 2 heterocycles. The molecule has 0 bridgehead atoms. The monoisotopic (exact) mass is 205 g/mol. The molecule has 1 aliphatic rings. The first kappa shape index (κ1) is 10.4. The fourth-order valence-electron chi connectivity index (χ4n) is 2.33. The van der Waals surface area contributed by atoms with Crippen LogP contribution in [0.3, 0.4) is 0 Å². The largest absolute Gasteiger partial charge is 0.371 e. The summed E-state index contributed by atoms with van der Waals surface area (Å²) in [5.41, 5.74) is 2.63. The van der Waals surface area contributed by atoms with Crippen LogP contribution in [0.4, 0.5) is 5.69 Å². The highest BCUT2D eigenvalue weighted by Crippen LogP contribution is 2.25. The number of aromatic nitrogens is 1. The molecule has 1 atom stereocenters. The highest BCUT2D eigenvalue weighted by molar-refractivity contribution is 5.52. The van der Waals surface area contributed by atoms with Crippen molar-refractivity contribution in [2.75, 3.05) is 31.6 Å². The SMILES string of the molecule is CNCC1CCN(c2ccncc2C)C1. The van der Waals surface area contributed by atoms with E-state index in [9.17, 15) is 0 Å². The van der Waals surface area contributed by atoms with Crippen molar-refractivity contribution in [2.45, 2.75) is 13.3 Å². The lowest BCUT2D eigenvalue weighted by Crippen LogP contribution is -2.24. The Morgan fingerprint density at radius 3 is 3.20 bits per heavy atom. The fraction of sp³-hybridized carbons (Fsp3) is 0.583. The van der Waals surface area contributed by atoms with E-state index in [1.165, 1.54) is 30.8 Å². The van der Waals surface area contributed by atoms with Crippen LogP contribution in [0.25, 0.3) is 0 Å². The maximum Gasteiger partial charge on any atom is 0.0426 e. The van der Waals surface area contributed by atoms with Crippen LogP contribution in [0.2, 0.25) is 0 Å². The molecular formula is C12H19N3. The van der Waals surface area contributed by atoms with Crippen LogP contribution in [0, 0.1) is 12.8 Å². The van der Waals surface area contributed by atoms with Gasteiger partial charge in [0, 0.05) is 31.2 Å². The molecule has 82 valence electrons. The molecule has 0 aromatic carbocycles. The molecule has 0 spiro atoms. The van der Waals surface area contributed by atoms with Gasteiger partial charge in [0.1, 0.15) is 0 Å². The van der Waals surface area contributed by atoms with Gasteiger partial charge in [-0.15, -0.1) is 0 Å². The molecule has 15 heavy (non-hydrogen) atoms. The van der Waals surface area contributed by atoms with Gasteiger partial charge in [0.05, 0.1) is 0 Å². The van der Waals surface area contributed by atoms with E-state index in [1.54, 1.807) is 0 Å². The summed E-state index contributed by atoms with van der Waals surface area (Å²) in [4.78, 5) is 6.60. The number of hydrogen-bond acceptors (Lipinski definition) is 3. The van der Waals surface area contributed by atoms with Gasteiger partial charge >= 0.3 is 0 Å². The molecule has 1 saturated heterocycles. The average Bonchev–Trinajstić information content (AvgIpc) is 2.68. The van der Waals surface area contributed by atoms with Crippen LogP contribution in [0.1, 0.15) is 12.0 Å². The maximum absolute atomic E-state index is 4.13. The second kappa shape index (κ2) is 4.62. The normalized spacial score (nSPS) is 20.9. The highest BCUT2D eigenvalue weighted by atomic mass is 15.2. The van der Waals surface area contributed by atoms with Crippen molar-refractivity contribution in [2.24, 2.45) is 5.92 Å². The van der Waals surface area contributed by atoms with Gasteiger partial charge in [-0.1, -0.05) is 0 Å². The Labute approximate surface area is 91.5 Å². The highest BCUT2D eigenvalue weighted by Gasteiger charge is 2.22. The zero-order valence-electron chi connectivity index (χ0n) is 9.53. The predicted octanol–water partition coefficient (Wildman–Crippen LogP) is 1.44. The van der Waals surface area contributed by atoms with Crippen LogP contribution in [0.5, 0.6) is 0 Å². The van der Waals surface area contributed by atoms with Crippen molar-refractivity contribution in [3.8, 4) is 0 Å². The summed E-state index contributed by atoms with van der Waals surface area (Å²) in [5, 5.41) is 3.26. The zero-order chi connectivity index (χ0) is 10.7. The van der Waals surface area contributed by atoms with Crippen LogP contribution < -0.4 is 10.2 Å². The molecule has 1 aromatic heterocycles. The smallest absolute Gasteiger partial charge is 0.0426 e. The van der Waals surface area contributed by atoms with Crippen molar-refractivity contribution >= 4 is 5.69 Å². The molecule has 3 nitrogen and oxygen atoms in total. The van der Waals surface area contributed by atoms with Gasteiger partial charge < -0.3 is 10.2 Å². The van der Waals surface area contributed by atoms with E-state index in [0.717, 1.165) is 12.5 Å². The third kappa shape index (κ3) is 2.29. The lowest BCUT2D eigenvalue weighted by atomic mass is 10.1. The molecule has 2 rings (SSSR count). The first-order chi connectivity index (χ1) is 7.31. The first-order valence-corrected chi connectivity index (χ1v) is 5.61. The second-order valence-electron chi connectivity index (χ2n) is 4.32. The summed E-state index contributed by atoms with van der Waals surface area (Å²) < 4.78 is 0. The molecule has 1 unspecified atom stereocenters. The number of hydrogen-bond donors (Lipinski definition) is 1. The Balaban J connectivity index is 2.04. The van der Waals surface area contributed by atoms with Gasteiger partial charge in [0.2, 0.25) is 0 Å². The molecule has 0 aliphatic carbocycles. The number of rotatable bonds is 3. The van der Waals surface area contributed by atoms with Crippen LogP contribution in [-0.2, 0) is 0 Å². The van der Waals surface area contributed by atoms with E-state index in [4.69, 9.17) is 0 Å². The van der Waals surface area contributed by atoms with E-state index in [0.29, 0.717) is 0 Å². The second-order valence-corrected chi connectivity index (χ2v) is 4.32. The number of aryl methyl sites for hydroxylation is 1. The van der Waals surface area contributed by atoms with Gasteiger partial charge in [-0.25, -0.2) is 0 Å². The van der Waals surface area contributed by atoms with Crippen molar-refractivity contribution in [1.82, 2.24) is 10.3 Å². The van der Waals surface area contributed by atoms with Crippen LogP contribution >= 0.6 is 0 Å². The van der Waals surface area contributed by atoms with E-state index in [2.05, 4.69) is 28.2 Å².